The number of aromatic nitrogens is 1. The van der Waals surface area contributed by atoms with Crippen LogP contribution >= 0.6 is 0 Å². The minimum absolute atomic E-state index is 0.222. The number of piperazine rings is 1. The number of aromatic amines is 1. The van der Waals surface area contributed by atoms with Gasteiger partial charge < -0.3 is 20.0 Å². The summed E-state index contributed by atoms with van der Waals surface area (Å²) >= 11 is 0. The van der Waals surface area contributed by atoms with Gasteiger partial charge in [-0.15, -0.1) is 0 Å². The maximum atomic E-state index is 11.5. The van der Waals surface area contributed by atoms with E-state index in [1.165, 1.54) is 10.9 Å². The van der Waals surface area contributed by atoms with Crippen LogP contribution in [0.3, 0.4) is 0 Å². The summed E-state index contributed by atoms with van der Waals surface area (Å²) in [5, 5.41) is 12.0. The Bertz CT molecular complexity index is 1340. The molecule has 1 saturated heterocycles. The average Bonchev–Trinajstić information content (AvgIpc) is 3.45. The fraction of sp³-hybridized carbons (Fsp3) is 0.308. The molecule has 3 N–H and O–H groups in total. The van der Waals surface area contributed by atoms with Gasteiger partial charge in [0.25, 0.3) is 5.91 Å². The van der Waals surface area contributed by atoms with E-state index >= 15 is 0 Å². The van der Waals surface area contributed by atoms with Crippen LogP contribution in [-0.2, 0) is 6.42 Å². The predicted molar refractivity (Wildman–Crippen MR) is 129 cm³/mol. The number of benzene rings is 2. The third kappa shape index (κ3) is 4.30. The number of fused-ring (bicyclic) bond motifs is 2. The molecule has 1 aliphatic heterocycles. The highest BCUT2D eigenvalue weighted by Gasteiger charge is 2.18. The lowest BCUT2D eigenvalue weighted by Crippen LogP contribution is -2.46. The molecule has 7 nitrogen and oxygen atoms in total. The predicted octanol–water partition coefficient (Wildman–Crippen LogP) is 4.03. The van der Waals surface area contributed by atoms with Crippen molar-refractivity contribution in [3.05, 3.63) is 65.7 Å². The molecule has 4 aromatic rings. The van der Waals surface area contributed by atoms with Gasteiger partial charge in [0.15, 0.2) is 5.76 Å². The van der Waals surface area contributed by atoms with Crippen LogP contribution in [0.1, 0.15) is 34.5 Å². The van der Waals surface area contributed by atoms with Crippen molar-refractivity contribution in [1.29, 1.82) is 5.26 Å². The zero-order chi connectivity index (χ0) is 22.8. The van der Waals surface area contributed by atoms with Crippen molar-refractivity contribution in [2.24, 2.45) is 5.73 Å². The van der Waals surface area contributed by atoms with E-state index in [0.717, 1.165) is 74.0 Å². The molecule has 1 fully saturated rings. The van der Waals surface area contributed by atoms with Gasteiger partial charge in [-0.3, -0.25) is 9.69 Å². The summed E-state index contributed by atoms with van der Waals surface area (Å²) in [7, 11) is 0. The third-order valence-electron chi connectivity index (χ3n) is 6.61. The number of nitriles is 1. The number of H-pyrrole nitrogens is 1. The smallest absolute Gasteiger partial charge is 0.285 e. The number of hydrogen-bond donors (Lipinski definition) is 2. The SMILES string of the molecule is N#Cc1ccc2[nH]cc(CCCCN3CCN(c4ccc5c(C(N)=O)occ5c4)CC3)c2c1. The number of furan rings is 1. The Labute approximate surface area is 192 Å². The molecule has 0 radical (unpaired) electrons. The molecule has 7 heteroatoms. The maximum absolute atomic E-state index is 11.5. The Kier molecular flexibility index (Phi) is 5.76. The van der Waals surface area contributed by atoms with E-state index in [-0.39, 0.29) is 5.76 Å². The van der Waals surface area contributed by atoms with Gasteiger partial charge >= 0.3 is 0 Å². The third-order valence-corrected chi connectivity index (χ3v) is 6.61. The van der Waals surface area contributed by atoms with Gasteiger partial charge in [-0.1, -0.05) is 0 Å². The van der Waals surface area contributed by atoms with Gasteiger partial charge in [-0.2, -0.15) is 5.26 Å². The second-order valence-electron chi connectivity index (χ2n) is 8.67. The number of primary amides is 1. The highest BCUT2D eigenvalue weighted by atomic mass is 16.3. The van der Waals surface area contributed by atoms with Gasteiger partial charge in [0.05, 0.1) is 17.9 Å². The van der Waals surface area contributed by atoms with Crippen LogP contribution in [-0.4, -0.2) is 48.5 Å². The number of nitrogens with one attached hydrogen (secondary N) is 1. The second-order valence-corrected chi connectivity index (χ2v) is 8.67. The van der Waals surface area contributed by atoms with E-state index in [1.54, 1.807) is 6.26 Å². The Morgan fingerprint density at radius 3 is 2.73 bits per heavy atom. The number of nitrogens with two attached hydrogens (primary N) is 1. The Morgan fingerprint density at radius 1 is 1.09 bits per heavy atom. The molecule has 168 valence electrons. The Hall–Kier alpha value is -3.76. The van der Waals surface area contributed by atoms with Crippen molar-refractivity contribution in [2.75, 3.05) is 37.6 Å². The van der Waals surface area contributed by atoms with Crippen LogP contribution in [0.5, 0.6) is 0 Å². The summed E-state index contributed by atoms with van der Waals surface area (Å²) in [6, 6.07) is 14.1. The number of aryl methyl sites for hydroxylation is 1. The average molecular weight is 442 g/mol. The van der Waals surface area contributed by atoms with Crippen LogP contribution in [0.2, 0.25) is 0 Å². The molecule has 0 saturated carbocycles. The van der Waals surface area contributed by atoms with Crippen molar-refractivity contribution in [3.63, 3.8) is 0 Å². The Morgan fingerprint density at radius 2 is 1.94 bits per heavy atom. The topological polar surface area (TPSA) is 102 Å². The van der Waals surface area contributed by atoms with E-state index in [1.807, 2.05) is 30.3 Å². The zero-order valence-electron chi connectivity index (χ0n) is 18.5. The number of carbonyl (C=O) groups excluding carboxylic acids is 1. The first-order chi connectivity index (χ1) is 16.1. The summed E-state index contributed by atoms with van der Waals surface area (Å²) in [4.78, 5) is 19.7. The first-order valence-electron chi connectivity index (χ1n) is 11.4. The standard InChI is InChI=1S/C26H27N5O2/c27-15-18-4-7-24-23(13-18)19(16-29-24)3-1-2-8-30-9-11-31(12-10-30)21-5-6-22-20(14-21)17-33-25(22)26(28)32/h4-7,13-14,16-17,29H,1-3,8-12H2,(H2,28,32). The highest BCUT2D eigenvalue weighted by Crippen LogP contribution is 2.27. The van der Waals surface area contributed by atoms with E-state index in [2.05, 4.69) is 33.1 Å². The van der Waals surface area contributed by atoms with Crippen LogP contribution in [0, 0.1) is 11.3 Å². The summed E-state index contributed by atoms with van der Waals surface area (Å²) < 4.78 is 5.34. The number of amides is 1. The molecule has 0 atom stereocenters. The number of unbranched alkanes of at least 4 members (excludes halogenated alkanes) is 1. The molecule has 2 aromatic carbocycles. The van der Waals surface area contributed by atoms with Gasteiger partial charge in [0.2, 0.25) is 0 Å². The molecule has 3 heterocycles. The molecular formula is C26H27N5O2. The van der Waals surface area contributed by atoms with Crippen LogP contribution in [0.15, 0.2) is 53.3 Å². The summed E-state index contributed by atoms with van der Waals surface area (Å²) in [5.41, 5.74) is 9.62. The lowest BCUT2D eigenvalue weighted by atomic mass is 10.0. The maximum Gasteiger partial charge on any atom is 0.285 e. The number of rotatable bonds is 7. The van der Waals surface area contributed by atoms with Gasteiger partial charge in [0, 0.05) is 59.7 Å². The van der Waals surface area contributed by atoms with Gasteiger partial charge in [0.1, 0.15) is 0 Å². The van der Waals surface area contributed by atoms with E-state index in [4.69, 9.17) is 15.4 Å². The fourth-order valence-corrected chi connectivity index (χ4v) is 4.76. The van der Waals surface area contributed by atoms with Gasteiger partial charge in [-0.05, 0) is 67.8 Å². The summed E-state index contributed by atoms with van der Waals surface area (Å²) in [5.74, 6) is -0.317. The molecule has 1 amide bonds. The molecule has 0 bridgehead atoms. The molecule has 33 heavy (non-hydrogen) atoms. The monoisotopic (exact) mass is 441 g/mol. The fourth-order valence-electron chi connectivity index (χ4n) is 4.76. The van der Waals surface area contributed by atoms with Crippen molar-refractivity contribution < 1.29 is 9.21 Å². The van der Waals surface area contributed by atoms with E-state index in [9.17, 15) is 4.79 Å². The highest BCUT2D eigenvalue weighted by molar-refractivity contribution is 6.04. The second kappa shape index (κ2) is 9.00. The lowest BCUT2D eigenvalue weighted by molar-refractivity contribution is 0.0976. The number of nitrogens with zero attached hydrogens (tertiary/aromatic N) is 3. The lowest BCUT2D eigenvalue weighted by Gasteiger charge is -2.36. The molecule has 0 spiro atoms. The van der Waals surface area contributed by atoms with Crippen molar-refractivity contribution in [3.8, 4) is 6.07 Å². The molecule has 0 aliphatic carbocycles. The first-order valence-corrected chi connectivity index (χ1v) is 11.4. The van der Waals surface area contributed by atoms with Crippen molar-refractivity contribution in [1.82, 2.24) is 9.88 Å². The molecule has 5 rings (SSSR count). The van der Waals surface area contributed by atoms with Crippen molar-refractivity contribution in [2.45, 2.75) is 19.3 Å². The van der Waals surface area contributed by atoms with Crippen LogP contribution in [0.4, 0.5) is 5.69 Å². The zero-order valence-corrected chi connectivity index (χ0v) is 18.5. The first kappa shape index (κ1) is 21.1. The largest absolute Gasteiger partial charge is 0.458 e. The summed E-state index contributed by atoms with van der Waals surface area (Å²) in [6.07, 6.45) is 6.98. The van der Waals surface area contributed by atoms with Crippen molar-refractivity contribution >= 4 is 33.3 Å². The number of anilines is 1. The quantitative estimate of drug-likeness (QED) is 0.422. The van der Waals surface area contributed by atoms with E-state index in [0.29, 0.717) is 5.56 Å². The molecule has 1 aliphatic rings. The van der Waals surface area contributed by atoms with Gasteiger partial charge in [-0.25, -0.2) is 0 Å². The minimum atomic E-state index is -0.539. The molecule has 0 unspecified atom stereocenters. The normalized spacial score (nSPS) is 14.7. The van der Waals surface area contributed by atoms with E-state index < -0.39 is 5.91 Å². The van der Waals surface area contributed by atoms with Crippen LogP contribution < -0.4 is 10.6 Å². The number of carbonyl (C=O) groups is 1. The van der Waals surface area contributed by atoms with Crippen LogP contribution in [0.25, 0.3) is 21.7 Å². The minimum Gasteiger partial charge on any atom is -0.458 e. The Balaban J connectivity index is 1.11. The summed E-state index contributed by atoms with van der Waals surface area (Å²) in [6.45, 7) is 5.13. The number of hydrogen-bond acceptors (Lipinski definition) is 5. The molecular weight excluding hydrogens is 414 g/mol. The molecule has 2 aromatic heterocycles.